The Kier molecular flexibility index (Phi) is 5.88. The molecule has 1 aliphatic rings. The van der Waals surface area contributed by atoms with Gasteiger partial charge in [0.1, 0.15) is 0 Å². The predicted octanol–water partition coefficient (Wildman–Crippen LogP) is 2.35. The van der Waals surface area contributed by atoms with Gasteiger partial charge >= 0.3 is 0 Å². The number of hydrogen-bond acceptors (Lipinski definition) is 2. The van der Waals surface area contributed by atoms with Gasteiger partial charge in [-0.25, -0.2) is 0 Å². The van der Waals surface area contributed by atoms with Crippen LogP contribution in [0.2, 0.25) is 5.02 Å². The van der Waals surface area contributed by atoms with Crippen LogP contribution in [0.15, 0.2) is 29.3 Å². The molecule has 1 saturated carbocycles. The Hall–Kier alpha value is -1.26. The summed E-state index contributed by atoms with van der Waals surface area (Å²) in [6.45, 7) is 1.67. The maximum atomic E-state index is 5.89. The molecule has 1 unspecified atom stereocenters. The summed E-state index contributed by atoms with van der Waals surface area (Å²) in [4.78, 5) is 6.58. The second-order valence-corrected chi connectivity index (χ2v) is 6.24. The molecular weight excluding hydrogens is 284 g/mol. The van der Waals surface area contributed by atoms with Crippen molar-refractivity contribution in [2.24, 2.45) is 10.9 Å². The third kappa shape index (κ3) is 5.21. The van der Waals surface area contributed by atoms with Crippen LogP contribution in [0.1, 0.15) is 18.4 Å². The summed E-state index contributed by atoms with van der Waals surface area (Å²) in [5.74, 6) is 1.68. The number of likely N-dealkylation sites (N-methyl/N-ethyl adjacent to an activating group) is 1. The molecule has 1 aromatic carbocycles. The molecule has 1 atom stereocenters. The van der Waals surface area contributed by atoms with Crippen LogP contribution < -0.4 is 10.6 Å². The molecule has 0 radical (unpaired) electrons. The lowest BCUT2D eigenvalue weighted by Crippen LogP contribution is -2.45. The number of rotatable bonds is 6. The van der Waals surface area contributed by atoms with Crippen LogP contribution in [0.25, 0.3) is 0 Å². The van der Waals surface area contributed by atoms with E-state index >= 15 is 0 Å². The minimum atomic E-state index is 0.582. The van der Waals surface area contributed by atoms with Crippen LogP contribution in [0.4, 0.5) is 0 Å². The van der Waals surface area contributed by atoms with Gasteiger partial charge in [-0.1, -0.05) is 23.7 Å². The van der Waals surface area contributed by atoms with Gasteiger partial charge in [0.2, 0.25) is 0 Å². The molecule has 1 fully saturated rings. The molecule has 0 spiro atoms. The van der Waals surface area contributed by atoms with E-state index in [1.54, 1.807) is 7.05 Å². The lowest BCUT2D eigenvalue weighted by atomic mass is 10.1. The molecule has 0 bridgehead atoms. The molecule has 0 aromatic heterocycles. The Bertz CT molecular complexity index is 464. The number of aliphatic imine (C=N–C) groups is 1. The maximum Gasteiger partial charge on any atom is 0.191 e. The molecule has 21 heavy (non-hydrogen) atoms. The maximum absolute atomic E-state index is 5.89. The fraction of sp³-hybridized carbons (Fsp3) is 0.562. The first-order chi connectivity index (χ1) is 10.1. The van der Waals surface area contributed by atoms with Crippen molar-refractivity contribution in [1.29, 1.82) is 0 Å². The average molecular weight is 309 g/mol. The van der Waals surface area contributed by atoms with Crippen LogP contribution in [-0.4, -0.2) is 44.6 Å². The summed E-state index contributed by atoms with van der Waals surface area (Å²) in [5.41, 5.74) is 1.19. The van der Waals surface area contributed by atoms with Crippen molar-refractivity contribution in [2.75, 3.05) is 27.7 Å². The fourth-order valence-corrected chi connectivity index (χ4v) is 2.59. The van der Waals surface area contributed by atoms with Gasteiger partial charge in [0.05, 0.1) is 0 Å². The molecule has 1 aliphatic carbocycles. The van der Waals surface area contributed by atoms with Gasteiger partial charge in [0.25, 0.3) is 0 Å². The lowest BCUT2D eigenvalue weighted by molar-refractivity contribution is 0.264. The van der Waals surface area contributed by atoms with Crippen LogP contribution >= 0.6 is 11.6 Å². The van der Waals surface area contributed by atoms with Gasteiger partial charge in [0.15, 0.2) is 5.96 Å². The van der Waals surface area contributed by atoms with E-state index in [2.05, 4.69) is 34.6 Å². The molecule has 0 amide bonds. The van der Waals surface area contributed by atoms with Gasteiger partial charge in [-0.15, -0.1) is 0 Å². The largest absolute Gasteiger partial charge is 0.355 e. The number of nitrogens with zero attached hydrogens (tertiary/aromatic N) is 2. The molecule has 0 aliphatic heterocycles. The normalized spacial score (nSPS) is 16.9. The lowest BCUT2D eigenvalue weighted by Gasteiger charge is -2.25. The topological polar surface area (TPSA) is 39.7 Å². The summed E-state index contributed by atoms with van der Waals surface area (Å²) in [6, 6.07) is 8.44. The van der Waals surface area contributed by atoms with Gasteiger partial charge < -0.3 is 15.5 Å². The van der Waals surface area contributed by atoms with Gasteiger partial charge in [-0.3, -0.25) is 4.99 Å². The molecular formula is C16H25ClN4. The SMILES string of the molecule is CN=C(NCc1ccc(Cl)cc1)NCC(C1CC1)N(C)C. The summed E-state index contributed by atoms with van der Waals surface area (Å²) >= 11 is 5.89. The first-order valence-corrected chi connectivity index (χ1v) is 7.83. The quantitative estimate of drug-likeness (QED) is 0.626. The van der Waals surface area contributed by atoms with Crippen molar-refractivity contribution >= 4 is 17.6 Å². The highest BCUT2D eigenvalue weighted by molar-refractivity contribution is 6.30. The fourth-order valence-electron chi connectivity index (χ4n) is 2.46. The number of hydrogen-bond donors (Lipinski definition) is 2. The van der Waals surface area contributed by atoms with Crippen LogP contribution in [0.3, 0.4) is 0 Å². The van der Waals surface area contributed by atoms with Gasteiger partial charge in [0, 0.05) is 31.2 Å². The zero-order valence-corrected chi connectivity index (χ0v) is 13.8. The molecule has 116 valence electrons. The molecule has 0 saturated heterocycles. The van der Waals surface area contributed by atoms with E-state index in [4.69, 9.17) is 11.6 Å². The second kappa shape index (κ2) is 7.66. The Labute approximate surface area is 132 Å². The number of nitrogens with one attached hydrogen (secondary N) is 2. The van der Waals surface area contributed by atoms with Crippen molar-refractivity contribution < 1.29 is 0 Å². The number of halogens is 1. The Morgan fingerprint density at radius 1 is 1.29 bits per heavy atom. The van der Waals surface area contributed by atoms with Crippen LogP contribution in [-0.2, 0) is 6.54 Å². The zero-order valence-electron chi connectivity index (χ0n) is 13.1. The highest BCUT2D eigenvalue weighted by Crippen LogP contribution is 2.34. The Balaban J connectivity index is 1.79. The molecule has 4 nitrogen and oxygen atoms in total. The van der Waals surface area contributed by atoms with E-state index in [0.717, 1.165) is 30.0 Å². The van der Waals surface area contributed by atoms with Crippen molar-refractivity contribution in [3.63, 3.8) is 0 Å². The minimum absolute atomic E-state index is 0.582. The third-order valence-corrected chi connectivity index (χ3v) is 4.16. The Morgan fingerprint density at radius 2 is 1.95 bits per heavy atom. The monoisotopic (exact) mass is 308 g/mol. The van der Waals surface area contributed by atoms with E-state index in [-0.39, 0.29) is 0 Å². The van der Waals surface area contributed by atoms with E-state index in [1.807, 2.05) is 24.3 Å². The summed E-state index contributed by atoms with van der Waals surface area (Å²) < 4.78 is 0. The van der Waals surface area contributed by atoms with E-state index < -0.39 is 0 Å². The molecule has 1 aromatic rings. The first kappa shape index (κ1) is 16.1. The van der Waals surface area contributed by atoms with Crippen molar-refractivity contribution in [2.45, 2.75) is 25.4 Å². The summed E-state index contributed by atoms with van der Waals surface area (Å²) in [6.07, 6.45) is 2.70. The predicted molar refractivity (Wildman–Crippen MR) is 89.9 cm³/mol. The molecule has 2 N–H and O–H groups in total. The standard InChI is InChI=1S/C16H25ClN4/c1-18-16(19-10-12-4-8-14(17)9-5-12)20-11-15(21(2)3)13-6-7-13/h4-5,8-9,13,15H,6-7,10-11H2,1-3H3,(H2,18,19,20). The highest BCUT2D eigenvalue weighted by atomic mass is 35.5. The Morgan fingerprint density at radius 3 is 2.48 bits per heavy atom. The number of benzene rings is 1. The van der Waals surface area contributed by atoms with E-state index in [0.29, 0.717) is 6.04 Å². The van der Waals surface area contributed by atoms with Crippen molar-refractivity contribution in [3.8, 4) is 0 Å². The van der Waals surface area contributed by atoms with Crippen LogP contribution in [0, 0.1) is 5.92 Å². The zero-order chi connectivity index (χ0) is 15.2. The molecule has 2 rings (SSSR count). The highest BCUT2D eigenvalue weighted by Gasteiger charge is 2.32. The van der Waals surface area contributed by atoms with Crippen molar-refractivity contribution in [3.05, 3.63) is 34.9 Å². The second-order valence-electron chi connectivity index (χ2n) is 5.80. The van der Waals surface area contributed by atoms with E-state index in [9.17, 15) is 0 Å². The summed E-state index contributed by atoms with van der Waals surface area (Å²) in [7, 11) is 6.10. The van der Waals surface area contributed by atoms with Gasteiger partial charge in [-0.05, 0) is 50.6 Å². The molecule has 5 heteroatoms. The van der Waals surface area contributed by atoms with Gasteiger partial charge in [-0.2, -0.15) is 0 Å². The third-order valence-electron chi connectivity index (χ3n) is 3.90. The van der Waals surface area contributed by atoms with Crippen molar-refractivity contribution in [1.82, 2.24) is 15.5 Å². The van der Waals surface area contributed by atoms with E-state index in [1.165, 1.54) is 18.4 Å². The smallest absolute Gasteiger partial charge is 0.191 e. The van der Waals surface area contributed by atoms with Crippen LogP contribution in [0.5, 0.6) is 0 Å². The minimum Gasteiger partial charge on any atom is -0.355 e. The molecule has 0 heterocycles. The number of guanidine groups is 1. The first-order valence-electron chi connectivity index (χ1n) is 7.45. The average Bonchev–Trinajstić information content (AvgIpc) is 3.28. The summed E-state index contributed by atoms with van der Waals surface area (Å²) in [5, 5.41) is 7.52.